The maximum absolute atomic E-state index is 12.3. The van der Waals surface area contributed by atoms with E-state index < -0.39 is 13.0 Å². The molecule has 1 aliphatic rings. The molecule has 1 amide bonds. The van der Waals surface area contributed by atoms with E-state index in [4.69, 9.17) is 10.8 Å². The largest absolute Gasteiger partial charge is 0.395 e. The lowest BCUT2D eigenvalue weighted by atomic mass is 9.83. The summed E-state index contributed by atoms with van der Waals surface area (Å²) in [5, 5.41) is 8.79. The first kappa shape index (κ1) is 15.3. The SMILES string of the molecule is NC1CCCCC1CC(=O)N(CCO)CC(F)F. The number of aliphatic hydroxyl groups excluding tert-OH is 1. The molecule has 0 aromatic rings. The molecule has 0 bridgehead atoms. The molecule has 4 nitrogen and oxygen atoms in total. The highest BCUT2D eigenvalue weighted by Gasteiger charge is 2.27. The van der Waals surface area contributed by atoms with Crippen LogP contribution in [0.4, 0.5) is 8.78 Å². The van der Waals surface area contributed by atoms with Gasteiger partial charge in [-0.05, 0) is 18.8 Å². The third kappa shape index (κ3) is 4.86. The Kier molecular flexibility index (Phi) is 6.49. The number of hydrogen-bond donors (Lipinski definition) is 2. The molecule has 0 aliphatic heterocycles. The lowest BCUT2D eigenvalue weighted by molar-refractivity contribution is -0.135. The Hall–Kier alpha value is -0.750. The number of nitrogens with two attached hydrogens (primary N) is 1. The summed E-state index contributed by atoms with van der Waals surface area (Å²) in [6, 6.07) is -0.00905. The molecule has 0 spiro atoms. The van der Waals surface area contributed by atoms with Crippen molar-refractivity contribution in [3.63, 3.8) is 0 Å². The molecule has 1 saturated carbocycles. The molecule has 0 saturated heterocycles. The van der Waals surface area contributed by atoms with Gasteiger partial charge < -0.3 is 15.7 Å². The summed E-state index contributed by atoms with van der Waals surface area (Å²) in [7, 11) is 0. The number of aliphatic hydroxyl groups is 1. The fraction of sp³-hybridized carbons (Fsp3) is 0.917. The Morgan fingerprint density at radius 1 is 1.39 bits per heavy atom. The summed E-state index contributed by atoms with van der Waals surface area (Å²) in [5.74, 6) is -0.239. The lowest BCUT2D eigenvalue weighted by Gasteiger charge is -2.30. The fourth-order valence-corrected chi connectivity index (χ4v) is 2.45. The van der Waals surface area contributed by atoms with E-state index >= 15 is 0 Å². The smallest absolute Gasteiger partial charge is 0.255 e. The van der Waals surface area contributed by atoms with Crippen molar-refractivity contribution in [1.82, 2.24) is 4.90 Å². The first-order valence-electron chi connectivity index (χ1n) is 6.47. The number of hydrogen-bond acceptors (Lipinski definition) is 3. The predicted octanol–water partition coefficient (Wildman–Crippen LogP) is 0.980. The van der Waals surface area contributed by atoms with Crippen molar-refractivity contribution in [1.29, 1.82) is 0 Å². The van der Waals surface area contributed by atoms with Gasteiger partial charge in [0.25, 0.3) is 6.43 Å². The number of alkyl halides is 2. The molecule has 1 aliphatic carbocycles. The minimum atomic E-state index is -2.57. The molecule has 3 N–H and O–H groups in total. The Bertz CT molecular complexity index is 264. The molecular formula is C12H22F2N2O2. The van der Waals surface area contributed by atoms with Crippen LogP contribution in [0.5, 0.6) is 0 Å². The topological polar surface area (TPSA) is 66.6 Å². The van der Waals surface area contributed by atoms with Crippen molar-refractivity contribution in [3.05, 3.63) is 0 Å². The average Bonchev–Trinajstić information content (AvgIpc) is 2.31. The van der Waals surface area contributed by atoms with Crippen LogP contribution in [0.3, 0.4) is 0 Å². The van der Waals surface area contributed by atoms with E-state index in [-0.39, 0.29) is 37.4 Å². The van der Waals surface area contributed by atoms with Gasteiger partial charge in [0.1, 0.15) is 0 Å². The van der Waals surface area contributed by atoms with E-state index in [9.17, 15) is 13.6 Å². The van der Waals surface area contributed by atoms with Crippen molar-refractivity contribution in [2.75, 3.05) is 19.7 Å². The third-order valence-electron chi connectivity index (χ3n) is 3.49. The molecule has 106 valence electrons. The number of rotatable bonds is 6. The predicted molar refractivity (Wildman–Crippen MR) is 64.2 cm³/mol. The maximum Gasteiger partial charge on any atom is 0.255 e. The third-order valence-corrected chi connectivity index (χ3v) is 3.49. The van der Waals surface area contributed by atoms with Gasteiger partial charge in [-0.25, -0.2) is 8.78 Å². The summed E-state index contributed by atoms with van der Waals surface area (Å²) >= 11 is 0. The van der Waals surface area contributed by atoms with Crippen LogP contribution < -0.4 is 5.73 Å². The van der Waals surface area contributed by atoms with Crippen molar-refractivity contribution in [3.8, 4) is 0 Å². The Morgan fingerprint density at radius 2 is 2.06 bits per heavy atom. The molecule has 0 aromatic carbocycles. The second-order valence-corrected chi connectivity index (χ2v) is 4.87. The fourth-order valence-electron chi connectivity index (χ4n) is 2.45. The highest BCUT2D eigenvalue weighted by molar-refractivity contribution is 5.76. The highest BCUT2D eigenvalue weighted by atomic mass is 19.3. The van der Waals surface area contributed by atoms with E-state index in [1.807, 2.05) is 0 Å². The van der Waals surface area contributed by atoms with Crippen molar-refractivity contribution < 1.29 is 18.7 Å². The zero-order chi connectivity index (χ0) is 13.5. The van der Waals surface area contributed by atoms with Gasteiger partial charge in [0.2, 0.25) is 5.91 Å². The molecule has 18 heavy (non-hydrogen) atoms. The van der Waals surface area contributed by atoms with E-state index in [2.05, 4.69) is 0 Å². The number of carbonyl (C=O) groups is 1. The standard InChI is InChI=1S/C12H22F2N2O2/c13-11(14)8-16(5-6-17)12(18)7-9-3-1-2-4-10(9)15/h9-11,17H,1-8,15H2. The van der Waals surface area contributed by atoms with Gasteiger partial charge in [-0.2, -0.15) is 0 Å². The Labute approximate surface area is 106 Å². The molecule has 1 fully saturated rings. The summed E-state index contributed by atoms with van der Waals surface area (Å²) < 4.78 is 24.6. The Balaban J connectivity index is 2.48. The minimum absolute atomic E-state index is 0.00905. The van der Waals surface area contributed by atoms with Crippen LogP contribution >= 0.6 is 0 Å². The zero-order valence-corrected chi connectivity index (χ0v) is 10.5. The molecule has 2 unspecified atom stereocenters. The molecule has 6 heteroatoms. The number of carbonyl (C=O) groups excluding carboxylic acids is 1. The van der Waals surface area contributed by atoms with Gasteiger partial charge in [-0.3, -0.25) is 4.79 Å². The molecular weight excluding hydrogens is 242 g/mol. The average molecular weight is 264 g/mol. The minimum Gasteiger partial charge on any atom is -0.395 e. The highest BCUT2D eigenvalue weighted by Crippen LogP contribution is 2.26. The van der Waals surface area contributed by atoms with Gasteiger partial charge >= 0.3 is 0 Å². The van der Waals surface area contributed by atoms with Crippen molar-refractivity contribution in [2.24, 2.45) is 11.7 Å². The van der Waals surface area contributed by atoms with E-state index in [1.54, 1.807) is 0 Å². The van der Waals surface area contributed by atoms with Crippen LogP contribution in [0.2, 0.25) is 0 Å². The normalized spacial score (nSPS) is 24.3. The quantitative estimate of drug-likeness (QED) is 0.751. The van der Waals surface area contributed by atoms with Gasteiger partial charge in [-0.1, -0.05) is 12.8 Å². The monoisotopic (exact) mass is 264 g/mol. The van der Waals surface area contributed by atoms with Gasteiger partial charge in [0.05, 0.1) is 13.2 Å². The van der Waals surface area contributed by atoms with E-state index in [0.29, 0.717) is 0 Å². The second kappa shape index (κ2) is 7.63. The zero-order valence-electron chi connectivity index (χ0n) is 10.5. The number of halogens is 2. The van der Waals surface area contributed by atoms with Crippen molar-refractivity contribution in [2.45, 2.75) is 44.6 Å². The van der Waals surface area contributed by atoms with Gasteiger partial charge in [-0.15, -0.1) is 0 Å². The number of amides is 1. The summed E-state index contributed by atoms with van der Waals surface area (Å²) in [5.41, 5.74) is 5.93. The van der Waals surface area contributed by atoms with E-state index in [1.165, 1.54) is 0 Å². The van der Waals surface area contributed by atoms with Crippen LogP contribution in [-0.4, -0.2) is 48.1 Å². The maximum atomic E-state index is 12.3. The molecule has 1 rings (SSSR count). The first-order chi connectivity index (χ1) is 8.54. The van der Waals surface area contributed by atoms with E-state index in [0.717, 1.165) is 30.6 Å². The van der Waals surface area contributed by atoms with Gasteiger partial charge in [0.15, 0.2) is 0 Å². The van der Waals surface area contributed by atoms with Crippen LogP contribution in [0.15, 0.2) is 0 Å². The summed E-state index contributed by atoms with van der Waals surface area (Å²) in [6.07, 6.45) is 1.54. The summed E-state index contributed by atoms with van der Waals surface area (Å²) in [4.78, 5) is 12.9. The lowest BCUT2D eigenvalue weighted by Crippen LogP contribution is -2.41. The molecule has 2 atom stereocenters. The number of nitrogens with zero attached hydrogens (tertiary/aromatic N) is 1. The van der Waals surface area contributed by atoms with Crippen LogP contribution in [0.1, 0.15) is 32.1 Å². The first-order valence-corrected chi connectivity index (χ1v) is 6.47. The summed E-state index contributed by atoms with van der Waals surface area (Å²) in [6.45, 7) is -0.943. The second-order valence-electron chi connectivity index (χ2n) is 4.87. The van der Waals surface area contributed by atoms with Crippen LogP contribution in [-0.2, 0) is 4.79 Å². The Morgan fingerprint density at radius 3 is 2.61 bits per heavy atom. The van der Waals surface area contributed by atoms with Crippen LogP contribution in [0.25, 0.3) is 0 Å². The van der Waals surface area contributed by atoms with Gasteiger partial charge in [0, 0.05) is 19.0 Å². The molecule has 0 heterocycles. The molecule has 0 aromatic heterocycles. The van der Waals surface area contributed by atoms with Crippen LogP contribution in [0, 0.1) is 5.92 Å². The van der Waals surface area contributed by atoms with Crippen molar-refractivity contribution >= 4 is 5.91 Å². The molecule has 0 radical (unpaired) electrons.